The summed E-state index contributed by atoms with van der Waals surface area (Å²) in [4.78, 5) is 0. The normalized spacial score (nSPS) is 12.1. The van der Waals surface area contributed by atoms with Crippen LogP contribution in [0.3, 0.4) is 0 Å². The lowest BCUT2D eigenvalue weighted by atomic mass is 10.2. The van der Waals surface area contributed by atoms with E-state index >= 15 is 0 Å². The molecule has 78 valence electrons. The van der Waals surface area contributed by atoms with E-state index in [1.165, 1.54) is 0 Å². The van der Waals surface area contributed by atoms with Crippen LogP contribution in [0, 0.1) is 0 Å². The second-order valence-electron chi connectivity index (χ2n) is 2.77. The van der Waals surface area contributed by atoms with Gasteiger partial charge in [0, 0.05) is 11.1 Å². The first-order valence-electron chi connectivity index (χ1n) is 4.88. The van der Waals surface area contributed by atoms with E-state index in [9.17, 15) is 0 Å². The highest BCUT2D eigenvalue weighted by atomic mass is 35.5. The fourth-order valence-electron chi connectivity index (χ4n) is 0.837. The number of benzene rings is 1. The topological polar surface area (TPSA) is 26.0 Å². The first-order valence-corrected chi connectivity index (χ1v) is 5.25. The zero-order valence-electron chi connectivity index (χ0n) is 9.00. The smallest absolute Gasteiger partial charge is 0.0406 e. The summed E-state index contributed by atoms with van der Waals surface area (Å²) in [6.45, 7) is 5.94. The first kappa shape index (κ1) is 13.2. The Kier molecular flexibility index (Phi) is 7.17. The summed E-state index contributed by atoms with van der Waals surface area (Å²) in [7, 11) is 0. The van der Waals surface area contributed by atoms with Crippen LogP contribution in [0.2, 0.25) is 5.02 Å². The van der Waals surface area contributed by atoms with Crippen LogP contribution in [0.5, 0.6) is 0 Å². The van der Waals surface area contributed by atoms with E-state index < -0.39 is 0 Å². The molecule has 0 saturated carbocycles. The van der Waals surface area contributed by atoms with Gasteiger partial charge in [0.2, 0.25) is 0 Å². The summed E-state index contributed by atoms with van der Waals surface area (Å²) in [6.07, 6.45) is 3.93. The van der Waals surface area contributed by atoms with Crippen molar-refractivity contribution >= 4 is 17.7 Å². The predicted octanol–water partition coefficient (Wildman–Crippen LogP) is 3.73. The molecule has 0 saturated heterocycles. The largest absolute Gasteiger partial charge is 0.325 e. The van der Waals surface area contributed by atoms with Crippen molar-refractivity contribution in [1.82, 2.24) is 0 Å². The molecule has 0 aliphatic rings. The second-order valence-corrected chi connectivity index (χ2v) is 3.21. The van der Waals surface area contributed by atoms with E-state index in [1.54, 1.807) is 0 Å². The minimum absolute atomic E-state index is 0.0979. The monoisotopic (exact) mass is 211 g/mol. The summed E-state index contributed by atoms with van der Waals surface area (Å²) in [5, 5.41) is 0.757. The summed E-state index contributed by atoms with van der Waals surface area (Å²) >= 11 is 5.73. The fourth-order valence-corrected chi connectivity index (χ4v) is 0.963. The molecule has 0 aliphatic heterocycles. The van der Waals surface area contributed by atoms with E-state index in [4.69, 9.17) is 17.3 Å². The molecule has 0 aliphatic carbocycles. The van der Waals surface area contributed by atoms with Gasteiger partial charge in [-0.25, -0.2) is 0 Å². The third-order valence-corrected chi connectivity index (χ3v) is 1.71. The van der Waals surface area contributed by atoms with Gasteiger partial charge in [-0.05, 0) is 24.6 Å². The maximum Gasteiger partial charge on any atom is 0.0406 e. The molecule has 1 nitrogen and oxygen atoms in total. The van der Waals surface area contributed by atoms with E-state index in [0.29, 0.717) is 0 Å². The Morgan fingerprint density at radius 3 is 2.14 bits per heavy atom. The van der Waals surface area contributed by atoms with Crippen LogP contribution in [0.15, 0.2) is 30.3 Å². The molecule has 1 rings (SSSR count). The highest BCUT2D eigenvalue weighted by Gasteiger charge is 1.88. The van der Waals surface area contributed by atoms with Crippen molar-refractivity contribution in [2.24, 2.45) is 5.73 Å². The molecular formula is C12H18ClN. The Morgan fingerprint density at radius 1 is 1.21 bits per heavy atom. The molecule has 2 heteroatoms. The number of nitrogens with two attached hydrogens (primary N) is 1. The van der Waals surface area contributed by atoms with Crippen molar-refractivity contribution in [3.05, 3.63) is 40.9 Å². The average Bonchev–Trinajstić information content (AvgIpc) is 2.20. The van der Waals surface area contributed by atoms with Crippen molar-refractivity contribution in [3.8, 4) is 0 Å². The van der Waals surface area contributed by atoms with Gasteiger partial charge in [0.15, 0.2) is 0 Å². The molecule has 0 amide bonds. The highest BCUT2D eigenvalue weighted by molar-refractivity contribution is 6.30. The highest BCUT2D eigenvalue weighted by Crippen LogP contribution is 2.10. The standard InChI is InChI=1S/C10H12ClN.C2H6/c1-8(12)2-3-9-4-6-10(11)7-5-9;1-2/h2-8H,12H2,1H3;1-2H3/b3-2-;. The zero-order valence-corrected chi connectivity index (χ0v) is 9.75. The van der Waals surface area contributed by atoms with Gasteiger partial charge >= 0.3 is 0 Å². The lowest BCUT2D eigenvalue weighted by Crippen LogP contribution is -2.09. The van der Waals surface area contributed by atoms with Gasteiger partial charge in [-0.3, -0.25) is 0 Å². The molecule has 0 bridgehead atoms. The summed E-state index contributed by atoms with van der Waals surface area (Å²) in [5.41, 5.74) is 6.68. The van der Waals surface area contributed by atoms with Gasteiger partial charge < -0.3 is 5.73 Å². The average molecular weight is 212 g/mol. The van der Waals surface area contributed by atoms with Gasteiger partial charge in [0.05, 0.1) is 0 Å². The zero-order chi connectivity index (χ0) is 11.0. The summed E-state index contributed by atoms with van der Waals surface area (Å²) in [6, 6.07) is 7.74. The minimum Gasteiger partial charge on any atom is -0.325 e. The lowest BCUT2D eigenvalue weighted by Gasteiger charge is -1.95. The third kappa shape index (κ3) is 5.79. The molecule has 1 aromatic carbocycles. The van der Waals surface area contributed by atoms with E-state index in [1.807, 2.05) is 57.2 Å². The predicted molar refractivity (Wildman–Crippen MR) is 65.5 cm³/mol. The van der Waals surface area contributed by atoms with Gasteiger partial charge in [-0.2, -0.15) is 0 Å². The van der Waals surface area contributed by atoms with Crippen LogP contribution in [0.1, 0.15) is 26.3 Å². The Bertz CT molecular complexity index is 262. The maximum absolute atomic E-state index is 5.73. The first-order chi connectivity index (χ1) is 6.68. The SMILES string of the molecule is CC.CC(N)/C=C\c1ccc(Cl)cc1. The summed E-state index contributed by atoms with van der Waals surface area (Å²) in [5.74, 6) is 0. The second kappa shape index (κ2) is 7.60. The van der Waals surface area contributed by atoms with Crippen LogP contribution in [0.25, 0.3) is 6.08 Å². The maximum atomic E-state index is 5.73. The third-order valence-electron chi connectivity index (χ3n) is 1.46. The molecule has 1 unspecified atom stereocenters. The lowest BCUT2D eigenvalue weighted by molar-refractivity contribution is 0.931. The molecule has 0 aromatic heterocycles. The Labute approximate surface area is 91.6 Å². The molecule has 0 spiro atoms. The van der Waals surface area contributed by atoms with Gasteiger partial charge in [-0.15, -0.1) is 0 Å². The number of halogens is 1. The van der Waals surface area contributed by atoms with Crippen molar-refractivity contribution < 1.29 is 0 Å². The van der Waals surface area contributed by atoms with Crippen molar-refractivity contribution in [1.29, 1.82) is 0 Å². The number of hydrogen-bond donors (Lipinski definition) is 1. The van der Waals surface area contributed by atoms with Gasteiger partial charge in [-0.1, -0.05) is 49.7 Å². The van der Waals surface area contributed by atoms with Crippen LogP contribution < -0.4 is 5.73 Å². The van der Waals surface area contributed by atoms with E-state index in [-0.39, 0.29) is 6.04 Å². The van der Waals surface area contributed by atoms with Crippen molar-refractivity contribution in [3.63, 3.8) is 0 Å². The van der Waals surface area contributed by atoms with Crippen LogP contribution in [-0.2, 0) is 0 Å². The van der Waals surface area contributed by atoms with Crippen molar-refractivity contribution in [2.75, 3.05) is 0 Å². The quantitative estimate of drug-likeness (QED) is 0.793. The molecule has 0 heterocycles. The Hall–Kier alpha value is -0.790. The fraction of sp³-hybridized carbons (Fsp3) is 0.333. The minimum atomic E-state index is 0.0979. The van der Waals surface area contributed by atoms with Crippen molar-refractivity contribution in [2.45, 2.75) is 26.8 Å². The molecule has 1 aromatic rings. The van der Waals surface area contributed by atoms with Gasteiger partial charge in [0.1, 0.15) is 0 Å². The molecule has 0 fully saturated rings. The molecular weight excluding hydrogens is 194 g/mol. The van der Waals surface area contributed by atoms with E-state index in [0.717, 1.165) is 10.6 Å². The molecule has 1 atom stereocenters. The van der Waals surface area contributed by atoms with E-state index in [2.05, 4.69) is 0 Å². The molecule has 14 heavy (non-hydrogen) atoms. The number of hydrogen-bond acceptors (Lipinski definition) is 1. The Morgan fingerprint density at radius 2 is 1.71 bits per heavy atom. The van der Waals surface area contributed by atoms with Crippen LogP contribution >= 0.6 is 11.6 Å². The molecule has 0 radical (unpaired) electrons. The summed E-state index contributed by atoms with van der Waals surface area (Å²) < 4.78 is 0. The van der Waals surface area contributed by atoms with Gasteiger partial charge in [0.25, 0.3) is 0 Å². The van der Waals surface area contributed by atoms with Crippen LogP contribution in [-0.4, -0.2) is 6.04 Å². The number of rotatable bonds is 2. The Balaban J connectivity index is 0.000000791. The molecule has 2 N–H and O–H groups in total. The van der Waals surface area contributed by atoms with Crippen LogP contribution in [0.4, 0.5) is 0 Å².